The fourth-order valence-electron chi connectivity index (χ4n) is 2.36. The van der Waals surface area contributed by atoms with Crippen LogP contribution in [0.25, 0.3) is 0 Å². The Morgan fingerprint density at radius 3 is 2.80 bits per heavy atom. The first-order valence-corrected chi connectivity index (χ1v) is 7.77. The number of aromatic nitrogens is 2. The number of aryl methyl sites for hydroxylation is 1. The summed E-state index contributed by atoms with van der Waals surface area (Å²) >= 11 is 1.33. The maximum Gasteiger partial charge on any atom is 0.226 e. The Balaban J connectivity index is 1.76. The summed E-state index contributed by atoms with van der Waals surface area (Å²) in [7, 11) is 0. The molecule has 0 bridgehead atoms. The highest BCUT2D eigenvalue weighted by molar-refractivity contribution is 7.15. The van der Waals surface area contributed by atoms with Gasteiger partial charge in [-0.1, -0.05) is 11.3 Å². The predicted octanol–water partition coefficient (Wildman–Crippen LogP) is 1.97. The quantitative estimate of drug-likeness (QED) is 0.921. The second kappa shape index (κ2) is 6.78. The Hall–Kier alpha value is -1.50. The van der Waals surface area contributed by atoms with Gasteiger partial charge < -0.3 is 10.2 Å². The first kappa shape index (κ1) is 14.9. The van der Waals surface area contributed by atoms with Gasteiger partial charge in [0.2, 0.25) is 16.9 Å². The molecule has 0 aromatic carbocycles. The van der Waals surface area contributed by atoms with Gasteiger partial charge in [-0.2, -0.15) is 0 Å². The van der Waals surface area contributed by atoms with Crippen LogP contribution in [0, 0.1) is 6.92 Å². The lowest BCUT2D eigenvalue weighted by Gasteiger charge is -2.33. The number of rotatable bonds is 4. The van der Waals surface area contributed by atoms with E-state index in [0.717, 1.165) is 24.4 Å². The highest BCUT2D eigenvalue weighted by atomic mass is 32.1. The number of nitrogens with one attached hydrogen (secondary N) is 1. The first-order chi connectivity index (χ1) is 9.56. The molecular formula is C13H20N4O2S. The maximum absolute atomic E-state index is 12.1. The van der Waals surface area contributed by atoms with Crippen molar-refractivity contribution in [3.63, 3.8) is 0 Å². The van der Waals surface area contributed by atoms with E-state index >= 15 is 0 Å². The molecule has 2 heterocycles. The molecule has 2 rings (SSSR count). The van der Waals surface area contributed by atoms with E-state index in [1.807, 2.05) is 11.8 Å². The summed E-state index contributed by atoms with van der Waals surface area (Å²) in [5, 5.41) is 11.6. The molecule has 0 saturated carbocycles. The fourth-order valence-corrected chi connectivity index (χ4v) is 2.97. The molecule has 1 N–H and O–H groups in total. The Bertz CT molecular complexity index is 488. The zero-order valence-electron chi connectivity index (χ0n) is 11.9. The number of anilines is 1. The second-order valence-corrected chi connectivity index (χ2v) is 6.29. The van der Waals surface area contributed by atoms with Crippen LogP contribution in [0.3, 0.4) is 0 Å². The molecule has 110 valence electrons. The van der Waals surface area contributed by atoms with Gasteiger partial charge in [-0.25, -0.2) is 0 Å². The van der Waals surface area contributed by atoms with Crippen LogP contribution in [0.1, 0.15) is 44.0 Å². The molecule has 1 fully saturated rings. The van der Waals surface area contributed by atoms with E-state index in [0.29, 0.717) is 11.2 Å². The molecule has 2 amide bonds. The third kappa shape index (κ3) is 4.00. The van der Waals surface area contributed by atoms with Crippen LogP contribution >= 0.6 is 11.3 Å². The average Bonchev–Trinajstić information content (AvgIpc) is 2.82. The summed E-state index contributed by atoms with van der Waals surface area (Å²) in [5.74, 6) is -0.111. The van der Waals surface area contributed by atoms with Crippen LogP contribution in [-0.4, -0.2) is 39.5 Å². The van der Waals surface area contributed by atoms with Crippen LogP contribution in [0.5, 0.6) is 0 Å². The minimum absolute atomic E-state index is 0.0702. The molecule has 0 aliphatic carbocycles. The molecule has 20 heavy (non-hydrogen) atoms. The summed E-state index contributed by atoms with van der Waals surface area (Å²) in [6.07, 6.45) is 3.75. The minimum atomic E-state index is -0.181. The van der Waals surface area contributed by atoms with Gasteiger partial charge in [-0.3, -0.25) is 9.59 Å². The largest absolute Gasteiger partial charge is 0.340 e. The van der Waals surface area contributed by atoms with Crippen LogP contribution in [0.4, 0.5) is 5.13 Å². The molecule has 1 aromatic heterocycles. The molecule has 1 aliphatic rings. The van der Waals surface area contributed by atoms with Crippen molar-refractivity contribution < 1.29 is 9.59 Å². The van der Waals surface area contributed by atoms with Gasteiger partial charge in [0.1, 0.15) is 5.01 Å². The standard InChI is InChI=1S/C13H20N4O2S/c1-9-5-3-4-8-17(9)12(19)7-6-11(18)14-13-16-15-10(2)20-13/h9H,3-8H2,1-2H3,(H,14,16,18)/t9-/m0/s1. The fraction of sp³-hybridized carbons (Fsp3) is 0.692. The van der Waals surface area contributed by atoms with Crippen molar-refractivity contribution in [2.75, 3.05) is 11.9 Å². The third-order valence-corrected chi connectivity index (χ3v) is 4.22. The Kier molecular flexibility index (Phi) is 5.05. The highest BCUT2D eigenvalue weighted by Crippen LogP contribution is 2.18. The van der Waals surface area contributed by atoms with Crippen molar-refractivity contribution >= 4 is 28.3 Å². The number of carbonyl (C=O) groups is 2. The number of amides is 2. The molecule has 7 heteroatoms. The third-order valence-electron chi connectivity index (χ3n) is 3.46. The number of carbonyl (C=O) groups excluding carboxylic acids is 2. The van der Waals surface area contributed by atoms with Crippen molar-refractivity contribution in [1.82, 2.24) is 15.1 Å². The lowest BCUT2D eigenvalue weighted by molar-refractivity contribution is -0.135. The normalized spacial score (nSPS) is 18.9. The second-order valence-electron chi connectivity index (χ2n) is 5.11. The van der Waals surface area contributed by atoms with Gasteiger partial charge in [0, 0.05) is 25.4 Å². The Morgan fingerprint density at radius 2 is 2.15 bits per heavy atom. The van der Waals surface area contributed by atoms with E-state index in [1.54, 1.807) is 0 Å². The van der Waals surface area contributed by atoms with Crippen molar-refractivity contribution in [1.29, 1.82) is 0 Å². The van der Waals surface area contributed by atoms with E-state index in [4.69, 9.17) is 0 Å². The number of piperidine rings is 1. The smallest absolute Gasteiger partial charge is 0.226 e. The summed E-state index contributed by atoms with van der Waals surface area (Å²) < 4.78 is 0. The molecular weight excluding hydrogens is 276 g/mol. The van der Waals surface area contributed by atoms with Gasteiger partial charge in [0.25, 0.3) is 0 Å². The Labute approximate surface area is 122 Å². The number of likely N-dealkylation sites (tertiary alicyclic amines) is 1. The average molecular weight is 296 g/mol. The zero-order valence-corrected chi connectivity index (χ0v) is 12.7. The predicted molar refractivity (Wildman–Crippen MR) is 77.5 cm³/mol. The monoisotopic (exact) mass is 296 g/mol. The highest BCUT2D eigenvalue weighted by Gasteiger charge is 2.23. The van der Waals surface area contributed by atoms with E-state index in [-0.39, 0.29) is 24.7 Å². The van der Waals surface area contributed by atoms with Crippen LogP contribution in [0.2, 0.25) is 0 Å². The molecule has 0 radical (unpaired) electrons. The van der Waals surface area contributed by atoms with E-state index in [9.17, 15) is 9.59 Å². The Morgan fingerprint density at radius 1 is 1.35 bits per heavy atom. The molecule has 1 atom stereocenters. The first-order valence-electron chi connectivity index (χ1n) is 6.95. The van der Waals surface area contributed by atoms with Gasteiger partial charge in [-0.15, -0.1) is 10.2 Å². The van der Waals surface area contributed by atoms with Crippen LogP contribution < -0.4 is 5.32 Å². The van der Waals surface area contributed by atoms with E-state index in [1.165, 1.54) is 17.8 Å². The number of hydrogen-bond donors (Lipinski definition) is 1. The van der Waals surface area contributed by atoms with Gasteiger partial charge in [0.15, 0.2) is 0 Å². The van der Waals surface area contributed by atoms with Crippen molar-refractivity contribution in [2.45, 2.75) is 52.0 Å². The van der Waals surface area contributed by atoms with E-state index < -0.39 is 0 Å². The maximum atomic E-state index is 12.1. The molecule has 1 aliphatic heterocycles. The van der Waals surface area contributed by atoms with Crippen LogP contribution in [0.15, 0.2) is 0 Å². The van der Waals surface area contributed by atoms with E-state index in [2.05, 4.69) is 22.4 Å². The van der Waals surface area contributed by atoms with Crippen molar-refractivity contribution in [2.24, 2.45) is 0 Å². The minimum Gasteiger partial charge on any atom is -0.340 e. The number of hydrogen-bond acceptors (Lipinski definition) is 5. The molecule has 0 unspecified atom stereocenters. The summed E-state index contributed by atoms with van der Waals surface area (Å²) in [6, 6.07) is 0.296. The molecule has 6 nitrogen and oxygen atoms in total. The summed E-state index contributed by atoms with van der Waals surface area (Å²) in [4.78, 5) is 25.7. The lowest BCUT2D eigenvalue weighted by Crippen LogP contribution is -2.42. The van der Waals surface area contributed by atoms with Crippen LogP contribution in [-0.2, 0) is 9.59 Å². The summed E-state index contributed by atoms with van der Waals surface area (Å²) in [5.41, 5.74) is 0. The van der Waals surface area contributed by atoms with Crippen molar-refractivity contribution in [3.8, 4) is 0 Å². The van der Waals surface area contributed by atoms with Gasteiger partial charge >= 0.3 is 0 Å². The van der Waals surface area contributed by atoms with Crippen molar-refractivity contribution in [3.05, 3.63) is 5.01 Å². The SMILES string of the molecule is Cc1nnc(NC(=O)CCC(=O)N2CCCC[C@@H]2C)s1. The zero-order chi connectivity index (χ0) is 14.5. The van der Waals surface area contributed by atoms with Gasteiger partial charge in [0.05, 0.1) is 0 Å². The molecule has 0 spiro atoms. The molecule has 1 saturated heterocycles. The number of nitrogens with zero attached hydrogens (tertiary/aromatic N) is 3. The molecule has 1 aromatic rings. The van der Waals surface area contributed by atoms with Gasteiger partial charge in [-0.05, 0) is 33.1 Å². The topological polar surface area (TPSA) is 75.2 Å². The summed E-state index contributed by atoms with van der Waals surface area (Å²) in [6.45, 7) is 4.72. The lowest BCUT2D eigenvalue weighted by atomic mass is 10.0.